The summed E-state index contributed by atoms with van der Waals surface area (Å²) in [7, 11) is 0. The van der Waals surface area contributed by atoms with Gasteiger partial charge in [0.2, 0.25) is 5.91 Å². The second kappa shape index (κ2) is 5.61. The van der Waals surface area contributed by atoms with Crippen molar-refractivity contribution in [2.45, 2.75) is 56.7 Å². The summed E-state index contributed by atoms with van der Waals surface area (Å²) in [4.78, 5) is 12.3. The first-order valence-corrected chi connectivity index (χ1v) is 7.89. The van der Waals surface area contributed by atoms with Gasteiger partial charge in [0.05, 0.1) is 5.41 Å². The molecule has 0 aliphatic heterocycles. The Morgan fingerprint density at radius 3 is 2.71 bits per heavy atom. The molecule has 17 heavy (non-hydrogen) atoms. The van der Waals surface area contributed by atoms with Crippen molar-refractivity contribution < 1.29 is 4.79 Å². The molecule has 1 amide bonds. The van der Waals surface area contributed by atoms with Gasteiger partial charge in [0.25, 0.3) is 0 Å². The van der Waals surface area contributed by atoms with Gasteiger partial charge in [-0.15, -0.1) is 0 Å². The Kier molecular flexibility index (Phi) is 4.36. The number of carbonyl (C=O) groups excluding carboxylic acids is 1. The Morgan fingerprint density at radius 1 is 1.41 bits per heavy atom. The zero-order chi connectivity index (χ0) is 12.3. The van der Waals surface area contributed by atoms with Crippen LogP contribution in [0, 0.1) is 5.41 Å². The third kappa shape index (κ3) is 2.63. The van der Waals surface area contributed by atoms with Gasteiger partial charge in [0.1, 0.15) is 0 Å². The van der Waals surface area contributed by atoms with Crippen molar-refractivity contribution in [3.05, 3.63) is 0 Å². The molecular weight excluding hydrogens is 232 g/mol. The molecule has 2 atom stereocenters. The number of nitrogens with one attached hydrogen (secondary N) is 1. The number of hydrogen-bond acceptors (Lipinski definition) is 3. The number of thioether (sulfide) groups is 1. The van der Waals surface area contributed by atoms with E-state index in [9.17, 15) is 4.79 Å². The lowest BCUT2D eigenvalue weighted by molar-refractivity contribution is -0.135. The summed E-state index contributed by atoms with van der Waals surface area (Å²) in [6.45, 7) is 2.70. The average molecular weight is 256 g/mol. The molecule has 0 saturated heterocycles. The summed E-state index contributed by atoms with van der Waals surface area (Å²) < 4.78 is 0. The number of hydrogen-bond donors (Lipinski definition) is 2. The first-order chi connectivity index (χ1) is 8.22. The minimum absolute atomic E-state index is 0.218. The van der Waals surface area contributed by atoms with E-state index in [2.05, 4.69) is 12.2 Å². The Hall–Kier alpha value is -0.220. The lowest BCUT2D eigenvalue weighted by Gasteiger charge is -2.40. The standard InChI is InChI=1S/C13H24N2OS/c1-2-17-11-6-3-5-10(11)15-12(16)13(9-14)7-4-8-13/h10-11H,2-9,14H2,1H3,(H,15,16). The van der Waals surface area contributed by atoms with Crippen LogP contribution in [0.25, 0.3) is 0 Å². The van der Waals surface area contributed by atoms with Crippen molar-refractivity contribution >= 4 is 17.7 Å². The first-order valence-electron chi connectivity index (χ1n) is 6.84. The summed E-state index contributed by atoms with van der Waals surface area (Å²) in [6.07, 6.45) is 6.76. The predicted octanol–water partition coefficient (Wildman–Crippen LogP) is 1.91. The first kappa shape index (κ1) is 13.2. The van der Waals surface area contributed by atoms with E-state index in [0.717, 1.165) is 31.4 Å². The van der Waals surface area contributed by atoms with Gasteiger partial charge in [-0.25, -0.2) is 0 Å². The molecule has 4 heteroatoms. The van der Waals surface area contributed by atoms with Crippen molar-refractivity contribution in [3.63, 3.8) is 0 Å². The topological polar surface area (TPSA) is 55.1 Å². The maximum Gasteiger partial charge on any atom is 0.227 e. The molecule has 2 rings (SSSR count). The van der Waals surface area contributed by atoms with Crippen molar-refractivity contribution in [3.8, 4) is 0 Å². The largest absolute Gasteiger partial charge is 0.352 e. The van der Waals surface area contributed by atoms with Crippen molar-refractivity contribution in [2.24, 2.45) is 11.1 Å². The summed E-state index contributed by atoms with van der Waals surface area (Å²) in [5, 5.41) is 3.89. The van der Waals surface area contributed by atoms with Gasteiger partial charge >= 0.3 is 0 Å². The molecule has 2 aliphatic carbocycles. The SMILES string of the molecule is CCSC1CCCC1NC(=O)C1(CN)CCC1. The van der Waals surface area contributed by atoms with Crippen LogP contribution in [-0.2, 0) is 4.79 Å². The van der Waals surface area contributed by atoms with Gasteiger partial charge in [-0.2, -0.15) is 11.8 Å². The minimum Gasteiger partial charge on any atom is -0.352 e. The molecule has 0 radical (unpaired) electrons. The Morgan fingerprint density at radius 2 is 2.18 bits per heavy atom. The predicted molar refractivity (Wildman–Crippen MR) is 73.0 cm³/mol. The van der Waals surface area contributed by atoms with Crippen LogP contribution in [0.2, 0.25) is 0 Å². The molecule has 2 fully saturated rings. The average Bonchev–Trinajstić information content (AvgIpc) is 2.66. The fraction of sp³-hybridized carbons (Fsp3) is 0.923. The van der Waals surface area contributed by atoms with E-state index < -0.39 is 0 Å². The normalized spacial score (nSPS) is 30.9. The molecule has 3 nitrogen and oxygen atoms in total. The fourth-order valence-electron chi connectivity index (χ4n) is 2.95. The molecule has 0 aromatic rings. The maximum absolute atomic E-state index is 12.3. The zero-order valence-corrected chi connectivity index (χ0v) is 11.5. The van der Waals surface area contributed by atoms with E-state index in [0.29, 0.717) is 17.8 Å². The molecule has 0 spiro atoms. The highest BCUT2D eigenvalue weighted by atomic mass is 32.2. The molecule has 2 saturated carbocycles. The van der Waals surface area contributed by atoms with Crippen molar-refractivity contribution in [1.29, 1.82) is 0 Å². The number of carbonyl (C=O) groups is 1. The molecule has 2 unspecified atom stereocenters. The summed E-state index contributed by atoms with van der Waals surface area (Å²) in [5.41, 5.74) is 5.55. The minimum atomic E-state index is -0.218. The van der Waals surface area contributed by atoms with Gasteiger partial charge in [-0.05, 0) is 31.4 Å². The van der Waals surface area contributed by atoms with Crippen LogP contribution in [0.3, 0.4) is 0 Å². The highest BCUT2D eigenvalue weighted by Gasteiger charge is 2.44. The summed E-state index contributed by atoms with van der Waals surface area (Å²) in [5.74, 6) is 1.36. The van der Waals surface area contributed by atoms with Gasteiger partial charge in [-0.3, -0.25) is 4.79 Å². The van der Waals surface area contributed by atoms with Gasteiger partial charge in [0.15, 0.2) is 0 Å². The molecule has 0 aromatic carbocycles. The second-order valence-electron chi connectivity index (χ2n) is 5.34. The van der Waals surface area contributed by atoms with E-state index in [1.807, 2.05) is 11.8 Å². The van der Waals surface area contributed by atoms with Crippen LogP contribution < -0.4 is 11.1 Å². The van der Waals surface area contributed by atoms with E-state index in [4.69, 9.17) is 5.73 Å². The summed E-state index contributed by atoms with van der Waals surface area (Å²) >= 11 is 1.99. The van der Waals surface area contributed by atoms with Crippen molar-refractivity contribution in [2.75, 3.05) is 12.3 Å². The zero-order valence-electron chi connectivity index (χ0n) is 10.7. The van der Waals surface area contributed by atoms with Crippen LogP contribution in [0.5, 0.6) is 0 Å². The van der Waals surface area contributed by atoms with E-state index in [1.54, 1.807) is 0 Å². The van der Waals surface area contributed by atoms with Crippen LogP contribution in [-0.4, -0.2) is 29.5 Å². The molecular formula is C13H24N2OS. The molecule has 0 bridgehead atoms. The third-order valence-corrected chi connectivity index (χ3v) is 5.66. The number of nitrogens with two attached hydrogens (primary N) is 1. The van der Waals surface area contributed by atoms with Crippen molar-refractivity contribution in [1.82, 2.24) is 5.32 Å². The van der Waals surface area contributed by atoms with Gasteiger partial charge in [-0.1, -0.05) is 19.8 Å². The van der Waals surface area contributed by atoms with Crippen LogP contribution in [0.15, 0.2) is 0 Å². The molecule has 0 aromatic heterocycles. The lowest BCUT2D eigenvalue weighted by atomic mass is 9.68. The Balaban J connectivity index is 1.89. The van der Waals surface area contributed by atoms with E-state index in [1.165, 1.54) is 12.8 Å². The molecule has 0 heterocycles. The maximum atomic E-state index is 12.3. The Labute approximate surface area is 108 Å². The van der Waals surface area contributed by atoms with E-state index >= 15 is 0 Å². The quantitative estimate of drug-likeness (QED) is 0.790. The highest BCUT2D eigenvalue weighted by molar-refractivity contribution is 7.99. The number of rotatable bonds is 5. The van der Waals surface area contributed by atoms with Gasteiger partial charge < -0.3 is 11.1 Å². The van der Waals surface area contributed by atoms with Crippen LogP contribution in [0.4, 0.5) is 0 Å². The smallest absolute Gasteiger partial charge is 0.227 e. The van der Waals surface area contributed by atoms with Crippen LogP contribution in [0.1, 0.15) is 45.4 Å². The fourth-order valence-corrected chi connectivity index (χ4v) is 4.15. The van der Waals surface area contributed by atoms with E-state index in [-0.39, 0.29) is 11.3 Å². The van der Waals surface area contributed by atoms with Crippen LogP contribution >= 0.6 is 11.8 Å². The molecule has 2 aliphatic rings. The monoisotopic (exact) mass is 256 g/mol. The second-order valence-corrected chi connectivity index (χ2v) is 6.86. The molecule has 98 valence electrons. The number of amides is 1. The highest BCUT2D eigenvalue weighted by Crippen LogP contribution is 2.41. The van der Waals surface area contributed by atoms with Gasteiger partial charge in [0, 0.05) is 17.8 Å². The summed E-state index contributed by atoms with van der Waals surface area (Å²) in [6, 6.07) is 0.386. The Bertz CT molecular complexity index is 273. The third-order valence-electron chi connectivity index (χ3n) is 4.33. The molecule has 3 N–H and O–H groups in total. The lowest BCUT2D eigenvalue weighted by Crippen LogP contribution is -2.53.